The highest BCUT2D eigenvalue weighted by molar-refractivity contribution is 9.10. The van der Waals surface area contributed by atoms with Crippen molar-refractivity contribution in [2.75, 3.05) is 7.11 Å². The number of ketones is 1. The van der Waals surface area contributed by atoms with Crippen molar-refractivity contribution in [3.63, 3.8) is 0 Å². The first kappa shape index (κ1) is 13.3. The van der Waals surface area contributed by atoms with Gasteiger partial charge in [-0.25, -0.2) is 0 Å². The van der Waals surface area contributed by atoms with E-state index in [0.717, 1.165) is 22.2 Å². The number of hydrogen-bond acceptors (Lipinski definition) is 3. The molecule has 1 aromatic carbocycles. The van der Waals surface area contributed by atoms with Crippen LogP contribution < -0.4 is 10.5 Å². The summed E-state index contributed by atoms with van der Waals surface area (Å²) in [5.41, 5.74) is 6.67. The van der Waals surface area contributed by atoms with Crippen molar-refractivity contribution >= 4 is 21.7 Å². The molecule has 0 bridgehead atoms. The highest BCUT2D eigenvalue weighted by Gasteiger charge is 2.23. The minimum absolute atomic E-state index is 0.0170. The number of carbonyl (C=O) groups is 1. The van der Waals surface area contributed by atoms with E-state index in [9.17, 15) is 4.79 Å². The van der Waals surface area contributed by atoms with Crippen molar-refractivity contribution in [1.29, 1.82) is 0 Å². The average molecular weight is 310 g/mol. The third-order valence-electron chi connectivity index (χ3n) is 3.14. The second-order valence-electron chi connectivity index (χ2n) is 4.49. The van der Waals surface area contributed by atoms with Crippen LogP contribution in [-0.4, -0.2) is 18.9 Å². The molecule has 2 atom stereocenters. The number of allylic oxidation sites excluding steroid dienone is 1. The van der Waals surface area contributed by atoms with E-state index in [1.54, 1.807) is 7.11 Å². The molecule has 2 rings (SSSR count). The molecular formula is C14H16BrNO2. The summed E-state index contributed by atoms with van der Waals surface area (Å²) >= 11 is 3.41. The van der Waals surface area contributed by atoms with E-state index in [1.807, 2.05) is 30.4 Å². The third kappa shape index (κ3) is 3.00. The molecule has 0 aliphatic heterocycles. The Morgan fingerprint density at radius 2 is 2.28 bits per heavy atom. The Balaban J connectivity index is 2.11. The van der Waals surface area contributed by atoms with E-state index < -0.39 is 0 Å². The predicted octanol–water partition coefficient (Wildman–Crippen LogP) is 2.47. The van der Waals surface area contributed by atoms with Crippen LogP contribution in [0.5, 0.6) is 5.75 Å². The van der Waals surface area contributed by atoms with Crippen LogP contribution in [0.1, 0.15) is 12.0 Å². The standard InChI is InChI=1S/C14H16BrNO2/c1-18-14-5-3-11(15)6-10(14)8-13(17)9-2-4-12(16)7-9/h2-6,9,12H,7-8,16H2,1H3. The quantitative estimate of drug-likeness (QED) is 0.869. The lowest BCUT2D eigenvalue weighted by atomic mass is 9.96. The number of ether oxygens (including phenoxy) is 1. The van der Waals surface area contributed by atoms with Gasteiger partial charge in [-0.15, -0.1) is 0 Å². The summed E-state index contributed by atoms with van der Waals surface area (Å²) in [6, 6.07) is 5.71. The van der Waals surface area contributed by atoms with Gasteiger partial charge in [0.2, 0.25) is 0 Å². The minimum atomic E-state index is -0.0521. The van der Waals surface area contributed by atoms with Gasteiger partial charge in [0.25, 0.3) is 0 Å². The summed E-state index contributed by atoms with van der Waals surface area (Å²) in [5.74, 6) is 0.886. The molecule has 2 N–H and O–H groups in total. The smallest absolute Gasteiger partial charge is 0.144 e. The van der Waals surface area contributed by atoms with Crippen LogP contribution in [0.15, 0.2) is 34.8 Å². The van der Waals surface area contributed by atoms with E-state index in [4.69, 9.17) is 10.5 Å². The first-order valence-corrected chi connectivity index (χ1v) is 6.68. The Kier molecular flexibility index (Phi) is 4.19. The fourth-order valence-corrected chi connectivity index (χ4v) is 2.58. The Bertz CT molecular complexity index is 485. The topological polar surface area (TPSA) is 52.3 Å². The molecule has 0 radical (unpaired) electrons. The number of rotatable bonds is 4. The summed E-state index contributed by atoms with van der Waals surface area (Å²) in [5, 5.41) is 0. The molecule has 2 unspecified atom stereocenters. The molecule has 3 nitrogen and oxygen atoms in total. The summed E-state index contributed by atoms with van der Waals surface area (Å²) in [4.78, 5) is 12.2. The molecule has 4 heteroatoms. The van der Waals surface area contributed by atoms with Crippen molar-refractivity contribution in [2.24, 2.45) is 11.7 Å². The van der Waals surface area contributed by atoms with Crippen LogP contribution in [0.25, 0.3) is 0 Å². The summed E-state index contributed by atoms with van der Waals surface area (Å²) in [6.07, 6.45) is 4.91. The van der Waals surface area contributed by atoms with Gasteiger partial charge in [-0.3, -0.25) is 4.79 Å². The molecule has 0 heterocycles. The maximum Gasteiger partial charge on any atom is 0.144 e. The van der Waals surface area contributed by atoms with E-state index >= 15 is 0 Å². The van der Waals surface area contributed by atoms with Gasteiger partial charge in [-0.2, -0.15) is 0 Å². The summed E-state index contributed by atoms with van der Waals surface area (Å²) < 4.78 is 6.22. The molecule has 1 aliphatic rings. The molecule has 0 amide bonds. The zero-order valence-corrected chi connectivity index (χ0v) is 11.8. The van der Waals surface area contributed by atoms with Gasteiger partial charge >= 0.3 is 0 Å². The monoisotopic (exact) mass is 309 g/mol. The van der Waals surface area contributed by atoms with Gasteiger partial charge in [0.15, 0.2) is 0 Å². The van der Waals surface area contributed by atoms with Crippen LogP contribution in [0.3, 0.4) is 0 Å². The van der Waals surface area contributed by atoms with Gasteiger partial charge in [0.05, 0.1) is 7.11 Å². The predicted molar refractivity (Wildman–Crippen MR) is 74.6 cm³/mol. The van der Waals surface area contributed by atoms with Gasteiger partial charge < -0.3 is 10.5 Å². The normalized spacial score (nSPS) is 22.2. The van der Waals surface area contributed by atoms with Crippen molar-refractivity contribution < 1.29 is 9.53 Å². The molecule has 0 fully saturated rings. The number of carbonyl (C=O) groups excluding carboxylic acids is 1. The number of halogens is 1. The fourth-order valence-electron chi connectivity index (χ4n) is 2.17. The summed E-state index contributed by atoms with van der Waals surface area (Å²) in [7, 11) is 1.61. The first-order chi connectivity index (χ1) is 8.60. The number of benzene rings is 1. The number of nitrogens with two attached hydrogens (primary N) is 1. The van der Waals surface area contributed by atoms with E-state index in [0.29, 0.717) is 6.42 Å². The van der Waals surface area contributed by atoms with E-state index in [-0.39, 0.29) is 17.7 Å². The van der Waals surface area contributed by atoms with Gasteiger partial charge in [-0.1, -0.05) is 28.1 Å². The first-order valence-electron chi connectivity index (χ1n) is 5.89. The minimum Gasteiger partial charge on any atom is -0.496 e. The molecule has 18 heavy (non-hydrogen) atoms. The fraction of sp³-hybridized carbons (Fsp3) is 0.357. The van der Waals surface area contributed by atoms with E-state index in [1.165, 1.54) is 0 Å². The lowest BCUT2D eigenvalue weighted by Crippen LogP contribution is -2.20. The van der Waals surface area contributed by atoms with Crippen molar-refractivity contribution in [1.82, 2.24) is 0 Å². The van der Waals surface area contributed by atoms with Gasteiger partial charge in [0.1, 0.15) is 11.5 Å². The zero-order valence-electron chi connectivity index (χ0n) is 10.2. The van der Waals surface area contributed by atoms with Crippen LogP contribution >= 0.6 is 15.9 Å². The Morgan fingerprint density at radius 1 is 1.50 bits per heavy atom. The molecule has 96 valence electrons. The highest BCUT2D eigenvalue weighted by atomic mass is 79.9. The maximum absolute atomic E-state index is 12.2. The lowest BCUT2D eigenvalue weighted by Gasteiger charge is -2.11. The molecule has 0 spiro atoms. The van der Waals surface area contributed by atoms with Crippen LogP contribution in [0.2, 0.25) is 0 Å². The summed E-state index contributed by atoms with van der Waals surface area (Å²) in [6.45, 7) is 0. The van der Waals surface area contributed by atoms with Crippen molar-refractivity contribution in [3.8, 4) is 5.75 Å². The third-order valence-corrected chi connectivity index (χ3v) is 3.63. The van der Waals surface area contributed by atoms with Gasteiger partial charge in [-0.05, 0) is 24.6 Å². The van der Waals surface area contributed by atoms with Crippen molar-refractivity contribution in [3.05, 3.63) is 40.4 Å². The van der Waals surface area contributed by atoms with E-state index in [2.05, 4.69) is 15.9 Å². The maximum atomic E-state index is 12.2. The second kappa shape index (κ2) is 5.67. The SMILES string of the molecule is COc1ccc(Br)cc1CC(=O)C1C=CC(N)C1. The zero-order chi connectivity index (χ0) is 13.1. The number of Topliss-reactive ketones (excluding diaryl/α,β-unsaturated/α-hetero) is 1. The molecule has 1 aromatic rings. The largest absolute Gasteiger partial charge is 0.496 e. The van der Waals surface area contributed by atoms with Crippen LogP contribution in [-0.2, 0) is 11.2 Å². The second-order valence-corrected chi connectivity index (χ2v) is 5.41. The Hall–Kier alpha value is -1.13. The Morgan fingerprint density at radius 3 is 2.89 bits per heavy atom. The molecule has 0 aromatic heterocycles. The Labute approximate surface area is 115 Å². The molecular weight excluding hydrogens is 294 g/mol. The van der Waals surface area contributed by atoms with Crippen LogP contribution in [0, 0.1) is 5.92 Å². The molecule has 0 saturated carbocycles. The lowest BCUT2D eigenvalue weighted by molar-refractivity contribution is -0.120. The van der Waals surface area contributed by atoms with Crippen LogP contribution in [0.4, 0.5) is 0 Å². The average Bonchev–Trinajstić information content (AvgIpc) is 2.76. The van der Waals surface area contributed by atoms with Gasteiger partial charge in [0, 0.05) is 28.4 Å². The van der Waals surface area contributed by atoms with Crippen molar-refractivity contribution in [2.45, 2.75) is 18.9 Å². The number of hydrogen-bond donors (Lipinski definition) is 1. The molecule has 0 saturated heterocycles. The molecule has 1 aliphatic carbocycles. The number of methoxy groups -OCH3 is 1. The highest BCUT2D eigenvalue weighted by Crippen LogP contribution is 2.26.